The Morgan fingerprint density at radius 3 is 3.00 bits per heavy atom. The summed E-state index contributed by atoms with van der Waals surface area (Å²) in [5.74, 6) is 0.0804. The molecule has 0 bridgehead atoms. The van der Waals surface area contributed by atoms with Crippen LogP contribution in [0, 0.1) is 6.92 Å². The highest BCUT2D eigenvalue weighted by Crippen LogP contribution is 2.18. The number of aromatic nitrogens is 2. The van der Waals surface area contributed by atoms with E-state index in [4.69, 9.17) is 0 Å². The third kappa shape index (κ3) is 1.83. The van der Waals surface area contributed by atoms with Crippen molar-refractivity contribution in [2.45, 2.75) is 6.92 Å². The van der Waals surface area contributed by atoms with Crippen molar-refractivity contribution in [2.24, 2.45) is 0 Å². The van der Waals surface area contributed by atoms with Gasteiger partial charge in [-0.15, -0.1) is 11.3 Å². The third-order valence-corrected chi connectivity index (χ3v) is 3.86. The summed E-state index contributed by atoms with van der Waals surface area (Å²) < 4.78 is 1.89. The van der Waals surface area contributed by atoms with Crippen LogP contribution in [0.15, 0.2) is 12.4 Å². The van der Waals surface area contributed by atoms with Gasteiger partial charge in [0, 0.05) is 37.3 Å². The summed E-state index contributed by atoms with van der Waals surface area (Å²) in [4.78, 5) is 20.5. The first-order chi connectivity index (χ1) is 8.25. The zero-order chi connectivity index (χ0) is 11.8. The van der Waals surface area contributed by atoms with E-state index >= 15 is 0 Å². The fraction of sp³-hybridized carbons (Fsp3) is 0.455. The van der Waals surface area contributed by atoms with Gasteiger partial charge in [0.05, 0.1) is 6.20 Å². The van der Waals surface area contributed by atoms with Crippen molar-refractivity contribution < 1.29 is 4.79 Å². The number of imidazole rings is 1. The predicted octanol–water partition coefficient (Wildman–Crippen LogP) is 0.750. The zero-order valence-corrected chi connectivity index (χ0v) is 10.5. The van der Waals surface area contributed by atoms with Crippen molar-refractivity contribution >= 4 is 22.2 Å². The molecule has 0 aliphatic carbocycles. The molecule has 1 amide bonds. The van der Waals surface area contributed by atoms with Gasteiger partial charge in [-0.3, -0.25) is 9.20 Å². The fourth-order valence-electron chi connectivity index (χ4n) is 2.08. The second-order valence-electron chi connectivity index (χ2n) is 4.18. The van der Waals surface area contributed by atoms with Gasteiger partial charge in [0.15, 0.2) is 4.96 Å². The second kappa shape index (κ2) is 4.12. The zero-order valence-electron chi connectivity index (χ0n) is 9.64. The van der Waals surface area contributed by atoms with Gasteiger partial charge in [-0.1, -0.05) is 0 Å². The van der Waals surface area contributed by atoms with Gasteiger partial charge in [0.25, 0.3) is 5.91 Å². The molecule has 0 unspecified atom stereocenters. The minimum Gasteiger partial charge on any atom is -0.335 e. The lowest BCUT2D eigenvalue weighted by molar-refractivity contribution is 0.0729. The molecule has 17 heavy (non-hydrogen) atoms. The molecule has 3 heterocycles. The van der Waals surface area contributed by atoms with E-state index in [0.29, 0.717) is 5.69 Å². The van der Waals surface area contributed by atoms with Crippen LogP contribution in [-0.4, -0.2) is 46.4 Å². The SMILES string of the molecule is Cc1cn2c(C(=O)N3CCNCC3)cnc2s1. The minimum absolute atomic E-state index is 0.0804. The van der Waals surface area contributed by atoms with E-state index in [-0.39, 0.29) is 5.91 Å². The van der Waals surface area contributed by atoms with Crippen LogP contribution in [0.4, 0.5) is 0 Å². The molecule has 0 radical (unpaired) electrons. The van der Waals surface area contributed by atoms with Crippen molar-refractivity contribution in [3.63, 3.8) is 0 Å². The largest absolute Gasteiger partial charge is 0.335 e. The number of rotatable bonds is 1. The Kier molecular flexibility index (Phi) is 2.60. The summed E-state index contributed by atoms with van der Waals surface area (Å²) in [5, 5.41) is 3.24. The number of piperazine rings is 1. The lowest BCUT2D eigenvalue weighted by Crippen LogP contribution is -2.46. The van der Waals surface area contributed by atoms with Crippen molar-refractivity contribution in [3.8, 4) is 0 Å². The lowest BCUT2D eigenvalue weighted by Gasteiger charge is -2.26. The number of carbonyl (C=O) groups excluding carboxylic acids is 1. The van der Waals surface area contributed by atoms with Gasteiger partial charge in [-0.05, 0) is 6.92 Å². The molecule has 6 heteroatoms. The van der Waals surface area contributed by atoms with E-state index in [2.05, 4.69) is 10.3 Å². The van der Waals surface area contributed by atoms with E-state index in [0.717, 1.165) is 31.1 Å². The Morgan fingerprint density at radius 2 is 2.24 bits per heavy atom. The summed E-state index contributed by atoms with van der Waals surface area (Å²) >= 11 is 1.61. The van der Waals surface area contributed by atoms with Crippen molar-refractivity contribution in [2.75, 3.05) is 26.2 Å². The maximum absolute atomic E-state index is 12.3. The van der Waals surface area contributed by atoms with Crippen LogP contribution in [0.2, 0.25) is 0 Å². The van der Waals surface area contributed by atoms with Crippen LogP contribution in [0.3, 0.4) is 0 Å². The summed E-state index contributed by atoms with van der Waals surface area (Å²) in [5.41, 5.74) is 0.672. The van der Waals surface area contributed by atoms with E-state index in [1.165, 1.54) is 4.88 Å². The van der Waals surface area contributed by atoms with Crippen LogP contribution in [0.25, 0.3) is 4.96 Å². The molecule has 5 nitrogen and oxygen atoms in total. The molecule has 1 aliphatic heterocycles. The first-order valence-corrected chi connectivity index (χ1v) is 6.51. The number of fused-ring (bicyclic) bond motifs is 1. The van der Waals surface area contributed by atoms with Gasteiger partial charge in [0.1, 0.15) is 5.69 Å². The highest BCUT2D eigenvalue weighted by molar-refractivity contribution is 7.17. The molecule has 3 rings (SSSR count). The molecule has 0 aromatic carbocycles. The van der Waals surface area contributed by atoms with Crippen LogP contribution >= 0.6 is 11.3 Å². The third-order valence-electron chi connectivity index (χ3n) is 2.95. The summed E-state index contributed by atoms with van der Waals surface area (Å²) in [6, 6.07) is 0. The average Bonchev–Trinajstić information content (AvgIpc) is 2.88. The molecule has 2 aromatic heterocycles. The highest BCUT2D eigenvalue weighted by Gasteiger charge is 2.21. The molecule has 1 aliphatic rings. The maximum atomic E-state index is 12.3. The Balaban J connectivity index is 1.94. The predicted molar refractivity (Wildman–Crippen MR) is 66.6 cm³/mol. The molecule has 0 spiro atoms. The quantitative estimate of drug-likeness (QED) is 0.812. The molecular formula is C11H14N4OS. The molecule has 1 N–H and O–H groups in total. The van der Waals surface area contributed by atoms with Gasteiger partial charge < -0.3 is 10.2 Å². The Hall–Kier alpha value is -1.40. The number of amides is 1. The van der Waals surface area contributed by atoms with Gasteiger partial charge in [-0.2, -0.15) is 0 Å². The molecule has 90 valence electrons. The first-order valence-electron chi connectivity index (χ1n) is 5.69. The normalized spacial score (nSPS) is 16.6. The number of aryl methyl sites for hydroxylation is 1. The molecule has 1 saturated heterocycles. The molecular weight excluding hydrogens is 236 g/mol. The van der Waals surface area contributed by atoms with Crippen molar-refractivity contribution in [3.05, 3.63) is 23.0 Å². The smallest absolute Gasteiger partial charge is 0.272 e. The van der Waals surface area contributed by atoms with Crippen LogP contribution in [0.5, 0.6) is 0 Å². The standard InChI is InChI=1S/C11H14N4OS/c1-8-7-15-9(6-13-11(15)17-8)10(16)14-4-2-12-3-5-14/h6-7,12H,2-5H2,1H3. The number of thiazole rings is 1. The van der Waals surface area contributed by atoms with Gasteiger partial charge in [-0.25, -0.2) is 4.98 Å². The van der Waals surface area contributed by atoms with E-state index in [1.807, 2.05) is 22.4 Å². The highest BCUT2D eigenvalue weighted by atomic mass is 32.1. The van der Waals surface area contributed by atoms with E-state index in [1.54, 1.807) is 17.5 Å². The number of carbonyl (C=O) groups is 1. The number of nitrogens with zero attached hydrogens (tertiary/aromatic N) is 3. The summed E-state index contributed by atoms with van der Waals surface area (Å²) in [6.45, 7) is 5.31. The minimum atomic E-state index is 0.0804. The molecule has 1 fully saturated rings. The van der Waals surface area contributed by atoms with Crippen LogP contribution in [0.1, 0.15) is 15.4 Å². The van der Waals surface area contributed by atoms with Gasteiger partial charge >= 0.3 is 0 Å². The number of hydrogen-bond acceptors (Lipinski definition) is 4. The Morgan fingerprint density at radius 1 is 1.47 bits per heavy atom. The second-order valence-corrected chi connectivity index (χ2v) is 5.39. The average molecular weight is 250 g/mol. The Bertz CT molecular complexity index is 553. The Labute approximate surface area is 103 Å². The van der Waals surface area contributed by atoms with Crippen molar-refractivity contribution in [1.29, 1.82) is 0 Å². The van der Waals surface area contributed by atoms with Crippen LogP contribution in [-0.2, 0) is 0 Å². The van der Waals surface area contributed by atoms with Crippen LogP contribution < -0.4 is 5.32 Å². The lowest BCUT2D eigenvalue weighted by atomic mass is 10.3. The van der Waals surface area contributed by atoms with Gasteiger partial charge in [0.2, 0.25) is 0 Å². The van der Waals surface area contributed by atoms with E-state index in [9.17, 15) is 4.79 Å². The molecule has 0 saturated carbocycles. The topological polar surface area (TPSA) is 49.6 Å². The van der Waals surface area contributed by atoms with E-state index < -0.39 is 0 Å². The number of nitrogens with one attached hydrogen (secondary N) is 1. The van der Waals surface area contributed by atoms with Crippen molar-refractivity contribution in [1.82, 2.24) is 19.6 Å². The first kappa shape index (κ1) is 10.7. The molecule has 2 aromatic rings. The maximum Gasteiger partial charge on any atom is 0.272 e. The summed E-state index contributed by atoms with van der Waals surface area (Å²) in [7, 11) is 0. The number of hydrogen-bond donors (Lipinski definition) is 1. The fourth-order valence-corrected chi connectivity index (χ4v) is 2.89. The molecule has 0 atom stereocenters. The monoisotopic (exact) mass is 250 g/mol. The summed E-state index contributed by atoms with van der Waals surface area (Å²) in [6.07, 6.45) is 3.65.